The van der Waals surface area contributed by atoms with Gasteiger partial charge in [-0.05, 0) is 85.9 Å². The van der Waals surface area contributed by atoms with Gasteiger partial charge in [-0.15, -0.1) is 0 Å². The average Bonchev–Trinajstić information content (AvgIpc) is 3.35. The minimum Gasteiger partial charge on any atom is -0.457 e. The third-order valence-electron chi connectivity index (χ3n) is 6.55. The first-order chi connectivity index (χ1) is 18.4. The van der Waals surface area contributed by atoms with Gasteiger partial charge in [-0.3, -0.25) is 14.6 Å². The highest BCUT2D eigenvalue weighted by molar-refractivity contribution is 5.98. The molecule has 2 amide bonds. The molecule has 0 aromatic heterocycles. The van der Waals surface area contributed by atoms with Crippen LogP contribution in [0.1, 0.15) is 25.3 Å². The Morgan fingerprint density at radius 2 is 1.68 bits per heavy atom. The Hall–Kier alpha value is -4.26. The SMILES string of the molecule is C/N=C(C)\C=C\CC(=O)N1C[C@H](Cc2ccccc2)C[C@H]1C(=O)Nc1ccc(Oc2ccc(F)cc2)cc1. The van der Waals surface area contributed by atoms with Crippen molar-refractivity contribution >= 4 is 23.2 Å². The molecule has 3 aromatic carbocycles. The summed E-state index contributed by atoms with van der Waals surface area (Å²) in [6, 6.07) is 22.3. The van der Waals surface area contributed by atoms with E-state index in [0.29, 0.717) is 30.2 Å². The van der Waals surface area contributed by atoms with Crippen LogP contribution in [0.5, 0.6) is 11.5 Å². The molecule has 1 N–H and O–H groups in total. The van der Waals surface area contributed by atoms with Gasteiger partial charge in [0.15, 0.2) is 0 Å². The van der Waals surface area contributed by atoms with Crippen LogP contribution in [0.15, 0.2) is 96.0 Å². The van der Waals surface area contributed by atoms with E-state index in [4.69, 9.17) is 4.74 Å². The van der Waals surface area contributed by atoms with E-state index in [1.807, 2.05) is 31.2 Å². The number of hydrogen-bond acceptors (Lipinski definition) is 4. The van der Waals surface area contributed by atoms with Gasteiger partial charge in [-0.1, -0.05) is 36.4 Å². The number of carbonyl (C=O) groups excluding carboxylic acids is 2. The van der Waals surface area contributed by atoms with Gasteiger partial charge >= 0.3 is 0 Å². The third kappa shape index (κ3) is 7.38. The molecular weight excluding hydrogens is 481 g/mol. The van der Waals surface area contributed by atoms with E-state index < -0.39 is 6.04 Å². The van der Waals surface area contributed by atoms with Crippen LogP contribution in [0.3, 0.4) is 0 Å². The maximum absolute atomic E-state index is 13.4. The fraction of sp³-hybridized carbons (Fsp3) is 0.258. The highest BCUT2D eigenvalue weighted by Gasteiger charge is 2.39. The lowest BCUT2D eigenvalue weighted by Crippen LogP contribution is -2.43. The summed E-state index contributed by atoms with van der Waals surface area (Å²) in [5, 5.41) is 2.96. The lowest BCUT2D eigenvalue weighted by atomic mass is 9.96. The Labute approximate surface area is 222 Å². The van der Waals surface area contributed by atoms with Crippen molar-refractivity contribution in [1.82, 2.24) is 4.90 Å². The molecule has 1 fully saturated rings. The summed E-state index contributed by atoms with van der Waals surface area (Å²) in [5.41, 5.74) is 2.63. The monoisotopic (exact) mass is 513 g/mol. The first kappa shape index (κ1) is 26.8. The van der Waals surface area contributed by atoms with Gasteiger partial charge in [0, 0.05) is 31.4 Å². The van der Waals surface area contributed by atoms with Crippen molar-refractivity contribution in [3.63, 3.8) is 0 Å². The number of hydrogen-bond donors (Lipinski definition) is 1. The summed E-state index contributed by atoms with van der Waals surface area (Å²) in [4.78, 5) is 32.3. The van der Waals surface area contributed by atoms with Gasteiger partial charge < -0.3 is 15.0 Å². The Balaban J connectivity index is 1.43. The van der Waals surface area contributed by atoms with Gasteiger partial charge in [-0.2, -0.15) is 0 Å². The second-order valence-corrected chi connectivity index (χ2v) is 9.39. The molecule has 38 heavy (non-hydrogen) atoms. The number of amides is 2. The number of nitrogens with zero attached hydrogens (tertiary/aromatic N) is 2. The maximum Gasteiger partial charge on any atom is 0.247 e. The number of likely N-dealkylation sites (tertiary alicyclic amines) is 1. The first-order valence-corrected chi connectivity index (χ1v) is 12.7. The normalized spacial score (nSPS) is 17.6. The van der Waals surface area contributed by atoms with Crippen molar-refractivity contribution in [2.75, 3.05) is 18.9 Å². The second kappa shape index (κ2) is 12.8. The minimum atomic E-state index is -0.555. The van der Waals surface area contributed by atoms with E-state index in [1.165, 1.54) is 17.7 Å². The molecule has 1 heterocycles. The Kier molecular flexibility index (Phi) is 9.03. The topological polar surface area (TPSA) is 71.0 Å². The molecule has 1 aliphatic rings. The van der Waals surface area contributed by atoms with Crippen molar-refractivity contribution in [2.45, 2.75) is 32.2 Å². The number of nitrogens with one attached hydrogen (secondary N) is 1. The number of halogens is 1. The van der Waals surface area contributed by atoms with Crippen LogP contribution in [0, 0.1) is 11.7 Å². The summed E-state index contributed by atoms with van der Waals surface area (Å²) in [5.74, 6) is 0.642. The number of anilines is 1. The molecule has 0 spiro atoms. The molecule has 3 aromatic rings. The van der Waals surface area contributed by atoms with Gasteiger partial charge in [0.25, 0.3) is 0 Å². The maximum atomic E-state index is 13.4. The average molecular weight is 514 g/mol. The molecule has 0 saturated carbocycles. The Morgan fingerprint density at radius 3 is 2.34 bits per heavy atom. The first-order valence-electron chi connectivity index (χ1n) is 12.7. The largest absolute Gasteiger partial charge is 0.457 e. The van der Waals surface area contributed by atoms with E-state index in [2.05, 4.69) is 22.4 Å². The van der Waals surface area contributed by atoms with Crippen molar-refractivity contribution in [2.24, 2.45) is 10.9 Å². The number of aliphatic imine (C=N–C) groups is 1. The number of ether oxygens (including phenoxy) is 1. The molecule has 7 heteroatoms. The van der Waals surface area contributed by atoms with Crippen LogP contribution in [0.25, 0.3) is 0 Å². The standard InChI is InChI=1S/C31H32FN3O3/c1-22(33-2)7-6-10-30(36)35-21-24(19-23-8-4-3-5-9-23)20-29(35)31(37)34-26-13-17-28(18-14-26)38-27-15-11-25(32)12-16-27/h3-9,11-18,24,29H,10,19-21H2,1-2H3,(H,34,37)/b7-6+,33-22-/t24-,29+/m1/s1. The molecule has 6 nitrogen and oxygen atoms in total. The van der Waals surface area contributed by atoms with Gasteiger partial charge in [0.1, 0.15) is 23.4 Å². The minimum absolute atomic E-state index is 0.0797. The van der Waals surface area contributed by atoms with Crippen molar-refractivity contribution in [1.29, 1.82) is 0 Å². The molecule has 196 valence electrons. The van der Waals surface area contributed by atoms with Crippen LogP contribution >= 0.6 is 0 Å². The molecule has 0 radical (unpaired) electrons. The highest BCUT2D eigenvalue weighted by atomic mass is 19.1. The predicted molar refractivity (Wildman–Crippen MR) is 148 cm³/mol. The quantitative estimate of drug-likeness (QED) is 0.354. The zero-order chi connectivity index (χ0) is 26.9. The van der Waals surface area contributed by atoms with Gasteiger partial charge in [0.2, 0.25) is 11.8 Å². The lowest BCUT2D eigenvalue weighted by molar-refractivity contribution is -0.135. The summed E-state index contributed by atoms with van der Waals surface area (Å²) < 4.78 is 18.8. The third-order valence-corrected chi connectivity index (χ3v) is 6.55. The van der Waals surface area contributed by atoms with E-state index >= 15 is 0 Å². The zero-order valence-electron chi connectivity index (χ0n) is 21.6. The fourth-order valence-corrected chi connectivity index (χ4v) is 4.54. The summed E-state index contributed by atoms with van der Waals surface area (Å²) in [6.45, 7) is 2.41. The van der Waals surface area contributed by atoms with E-state index in [1.54, 1.807) is 54.4 Å². The van der Waals surface area contributed by atoms with E-state index in [0.717, 1.165) is 12.1 Å². The molecule has 4 rings (SSSR count). The molecule has 0 unspecified atom stereocenters. The van der Waals surface area contributed by atoms with Gasteiger partial charge in [-0.25, -0.2) is 4.39 Å². The molecule has 0 bridgehead atoms. The number of rotatable bonds is 9. The Morgan fingerprint density at radius 1 is 1.03 bits per heavy atom. The number of carbonyl (C=O) groups is 2. The molecule has 0 aliphatic carbocycles. The van der Waals surface area contributed by atoms with Crippen molar-refractivity contribution < 1.29 is 18.7 Å². The van der Waals surface area contributed by atoms with Gasteiger partial charge in [0.05, 0.1) is 0 Å². The van der Waals surface area contributed by atoms with Crippen LogP contribution in [0.2, 0.25) is 0 Å². The van der Waals surface area contributed by atoms with Crippen LogP contribution < -0.4 is 10.1 Å². The summed E-state index contributed by atoms with van der Waals surface area (Å²) in [7, 11) is 1.71. The number of benzene rings is 3. The summed E-state index contributed by atoms with van der Waals surface area (Å²) in [6.07, 6.45) is 5.23. The van der Waals surface area contributed by atoms with Crippen molar-refractivity contribution in [3.05, 3.63) is 102 Å². The van der Waals surface area contributed by atoms with Crippen LogP contribution in [0.4, 0.5) is 10.1 Å². The zero-order valence-corrected chi connectivity index (χ0v) is 21.6. The smallest absolute Gasteiger partial charge is 0.247 e. The highest BCUT2D eigenvalue weighted by Crippen LogP contribution is 2.29. The Bertz CT molecular complexity index is 1290. The molecule has 1 aliphatic heterocycles. The van der Waals surface area contributed by atoms with Crippen molar-refractivity contribution in [3.8, 4) is 11.5 Å². The molecular formula is C31H32FN3O3. The number of allylic oxidation sites excluding steroid dienone is 1. The predicted octanol–water partition coefficient (Wildman–Crippen LogP) is 6.05. The second-order valence-electron chi connectivity index (χ2n) is 9.39. The fourth-order valence-electron chi connectivity index (χ4n) is 4.54. The molecule has 1 saturated heterocycles. The van der Waals surface area contributed by atoms with E-state index in [-0.39, 0.29) is 30.0 Å². The van der Waals surface area contributed by atoms with E-state index in [9.17, 15) is 14.0 Å². The van der Waals surface area contributed by atoms with Crippen LogP contribution in [-0.2, 0) is 16.0 Å². The summed E-state index contributed by atoms with van der Waals surface area (Å²) >= 11 is 0. The molecule has 2 atom stereocenters. The van der Waals surface area contributed by atoms with Crippen LogP contribution in [-0.4, -0.2) is 42.1 Å². The lowest BCUT2D eigenvalue weighted by Gasteiger charge is -2.23.